The van der Waals surface area contributed by atoms with Crippen LogP contribution in [0.5, 0.6) is 0 Å². The molecule has 2 heterocycles. The Balaban J connectivity index is 1.86. The standard InChI is InChI=1S/C18H23N5O2/c1-12(2)18-19-14-6-4-5-7-15(14)22(18)11-17(25)20-16-10-13(3)21-23(16)8-9-24/h4-7,10,12,24H,8-9,11H2,1-3H3,(H,20,25). The van der Waals surface area contributed by atoms with Crippen LogP contribution in [0, 0.1) is 6.92 Å². The predicted octanol–water partition coefficient (Wildman–Crippen LogP) is 2.30. The van der Waals surface area contributed by atoms with E-state index in [0.717, 1.165) is 22.6 Å². The van der Waals surface area contributed by atoms with Crippen LogP contribution in [0.4, 0.5) is 5.82 Å². The Kier molecular flexibility index (Phi) is 4.85. The normalized spacial score (nSPS) is 11.4. The summed E-state index contributed by atoms with van der Waals surface area (Å²) in [7, 11) is 0. The second-order valence-electron chi connectivity index (χ2n) is 6.37. The van der Waals surface area contributed by atoms with Crippen molar-refractivity contribution in [3.05, 3.63) is 41.9 Å². The molecule has 0 aliphatic heterocycles. The van der Waals surface area contributed by atoms with Gasteiger partial charge in [-0.25, -0.2) is 9.67 Å². The number of aromatic nitrogens is 4. The zero-order valence-corrected chi connectivity index (χ0v) is 14.7. The van der Waals surface area contributed by atoms with Gasteiger partial charge >= 0.3 is 0 Å². The van der Waals surface area contributed by atoms with Gasteiger partial charge in [-0.05, 0) is 19.1 Å². The molecule has 1 aromatic carbocycles. The molecule has 0 aliphatic rings. The van der Waals surface area contributed by atoms with Crippen molar-refractivity contribution in [1.29, 1.82) is 0 Å². The minimum Gasteiger partial charge on any atom is -0.394 e. The van der Waals surface area contributed by atoms with Gasteiger partial charge in [-0.3, -0.25) is 4.79 Å². The third-order valence-electron chi connectivity index (χ3n) is 3.98. The molecule has 7 nitrogen and oxygen atoms in total. The van der Waals surface area contributed by atoms with E-state index in [0.29, 0.717) is 12.4 Å². The molecule has 0 atom stereocenters. The largest absolute Gasteiger partial charge is 0.394 e. The van der Waals surface area contributed by atoms with E-state index in [2.05, 4.69) is 29.2 Å². The maximum absolute atomic E-state index is 12.6. The second-order valence-corrected chi connectivity index (χ2v) is 6.37. The Morgan fingerprint density at radius 2 is 2.08 bits per heavy atom. The van der Waals surface area contributed by atoms with Crippen LogP contribution < -0.4 is 5.32 Å². The minimum atomic E-state index is -0.149. The van der Waals surface area contributed by atoms with E-state index in [-0.39, 0.29) is 25.0 Å². The summed E-state index contributed by atoms with van der Waals surface area (Å²) in [5.74, 6) is 1.54. The minimum absolute atomic E-state index is 0.0341. The number of hydrogen-bond acceptors (Lipinski definition) is 4. The van der Waals surface area contributed by atoms with E-state index in [9.17, 15) is 4.79 Å². The quantitative estimate of drug-likeness (QED) is 0.720. The van der Waals surface area contributed by atoms with E-state index in [1.54, 1.807) is 10.7 Å². The fourth-order valence-corrected chi connectivity index (χ4v) is 2.94. The first-order chi connectivity index (χ1) is 12.0. The highest BCUT2D eigenvalue weighted by Crippen LogP contribution is 2.22. The van der Waals surface area contributed by atoms with Crippen LogP contribution in [0.25, 0.3) is 11.0 Å². The summed E-state index contributed by atoms with van der Waals surface area (Å²) in [6.45, 7) is 6.47. The Labute approximate surface area is 146 Å². The van der Waals surface area contributed by atoms with Gasteiger partial charge in [0.2, 0.25) is 5.91 Å². The number of amides is 1. The molecular weight excluding hydrogens is 318 g/mol. The van der Waals surface area contributed by atoms with E-state index in [1.165, 1.54) is 0 Å². The number of carbonyl (C=O) groups excluding carboxylic acids is 1. The van der Waals surface area contributed by atoms with E-state index >= 15 is 0 Å². The Morgan fingerprint density at radius 3 is 2.80 bits per heavy atom. The summed E-state index contributed by atoms with van der Waals surface area (Å²) in [6, 6.07) is 9.61. The number of fused-ring (bicyclic) bond motifs is 1. The molecule has 3 rings (SSSR count). The van der Waals surface area contributed by atoms with Gasteiger partial charge in [-0.1, -0.05) is 26.0 Å². The molecule has 0 fully saturated rings. The van der Waals surface area contributed by atoms with E-state index in [4.69, 9.17) is 5.11 Å². The fourth-order valence-electron chi connectivity index (χ4n) is 2.94. The van der Waals surface area contributed by atoms with Gasteiger partial charge in [0.1, 0.15) is 18.2 Å². The number of hydrogen-bond donors (Lipinski definition) is 2. The number of imidazole rings is 1. The maximum atomic E-state index is 12.6. The van der Waals surface area contributed by atoms with Crippen molar-refractivity contribution in [2.24, 2.45) is 0 Å². The first-order valence-corrected chi connectivity index (χ1v) is 8.40. The summed E-state index contributed by atoms with van der Waals surface area (Å²) in [5.41, 5.74) is 2.63. The molecule has 132 valence electrons. The van der Waals surface area contributed by atoms with Crippen LogP contribution in [-0.2, 0) is 17.9 Å². The molecule has 0 aliphatic carbocycles. The summed E-state index contributed by atoms with van der Waals surface area (Å²) >= 11 is 0. The van der Waals surface area contributed by atoms with Crippen molar-refractivity contribution in [2.75, 3.05) is 11.9 Å². The molecule has 0 saturated carbocycles. The molecule has 0 spiro atoms. The molecule has 1 amide bonds. The topological polar surface area (TPSA) is 85.0 Å². The molecule has 0 unspecified atom stereocenters. The van der Waals surface area contributed by atoms with Crippen molar-refractivity contribution in [1.82, 2.24) is 19.3 Å². The van der Waals surface area contributed by atoms with E-state index in [1.807, 2.05) is 35.8 Å². The van der Waals surface area contributed by atoms with Gasteiger partial charge in [0.25, 0.3) is 0 Å². The molecule has 0 saturated heterocycles. The highest BCUT2D eigenvalue weighted by atomic mass is 16.3. The second kappa shape index (κ2) is 7.06. The number of carbonyl (C=O) groups is 1. The van der Waals surface area contributed by atoms with Crippen LogP contribution in [-0.4, -0.2) is 37.0 Å². The highest BCUT2D eigenvalue weighted by Gasteiger charge is 2.17. The number of rotatable bonds is 6. The Hall–Kier alpha value is -2.67. The van der Waals surface area contributed by atoms with Crippen molar-refractivity contribution in [2.45, 2.75) is 39.8 Å². The van der Waals surface area contributed by atoms with Crippen LogP contribution >= 0.6 is 0 Å². The fraction of sp³-hybridized carbons (Fsp3) is 0.389. The Bertz CT molecular complexity index is 894. The number of aryl methyl sites for hydroxylation is 1. The molecule has 0 bridgehead atoms. The summed E-state index contributed by atoms with van der Waals surface area (Å²) < 4.78 is 3.55. The lowest BCUT2D eigenvalue weighted by molar-refractivity contribution is -0.116. The number of nitrogens with one attached hydrogen (secondary N) is 1. The lowest BCUT2D eigenvalue weighted by Gasteiger charge is -2.12. The molecule has 2 N–H and O–H groups in total. The van der Waals surface area contributed by atoms with Gasteiger partial charge in [0.15, 0.2) is 0 Å². The highest BCUT2D eigenvalue weighted by molar-refractivity contribution is 5.91. The lowest BCUT2D eigenvalue weighted by Crippen LogP contribution is -2.22. The van der Waals surface area contributed by atoms with Gasteiger partial charge in [-0.2, -0.15) is 5.10 Å². The van der Waals surface area contributed by atoms with Gasteiger partial charge in [-0.15, -0.1) is 0 Å². The number of aliphatic hydroxyl groups is 1. The lowest BCUT2D eigenvalue weighted by atomic mass is 10.2. The van der Waals surface area contributed by atoms with Crippen LogP contribution in [0.1, 0.15) is 31.3 Å². The van der Waals surface area contributed by atoms with Gasteiger partial charge in [0, 0.05) is 12.0 Å². The maximum Gasteiger partial charge on any atom is 0.245 e. The van der Waals surface area contributed by atoms with Crippen LogP contribution in [0.2, 0.25) is 0 Å². The molecular formula is C18H23N5O2. The number of para-hydroxylation sites is 2. The summed E-state index contributed by atoms with van der Waals surface area (Å²) in [5, 5.41) is 16.3. The molecule has 3 aromatic rings. The predicted molar refractivity (Wildman–Crippen MR) is 96.5 cm³/mol. The van der Waals surface area contributed by atoms with Crippen LogP contribution in [0.3, 0.4) is 0 Å². The number of nitrogens with zero attached hydrogens (tertiary/aromatic N) is 4. The molecule has 2 aromatic heterocycles. The number of anilines is 1. The molecule has 25 heavy (non-hydrogen) atoms. The third-order valence-corrected chi connectivity index (χ3v) is 3.98. The first kappa shape index (κ1) is 17.2. The number of aliphatic hydroxyl groups excluding tert-OH is 1. The monoisotopic (exact) mass is 341 g/mol. The Morgan fingerprint density at radius 1 is 1.32 bits per heavy atom. The SMILES string of the molecule is Cc1cc(NC(=O)Cn2c(C(C)C)nc3ccccc32)n(CCO)n1. The molecule has 0 radical (unpaired) electrons. The smallest absolute Gasteiger partial charge is 0.245 e. The average molecular weight is 341 g/mol. The number of benzene rings is 1. The summed E-state index contributed by atoms with van der Waals surface area (Å²) in [4.78, 5) is 17.3. The third kappa shape index (κ3) is 3.56. The van der Waals surface area contributed by atoms with Crippen molar-refractivity contribution >= 4 is 22.8 Å². The van der Waals surface area contributed by atoms with Crippen molar-refractivity contribution in [3.63, 3.8) is 0 Å². The zero-order chi connectivity index (χ0) is 18.0. The first-order valence-electron chi connectivity index (χ1n) is 8.40. The molecule has 7 heteroatoms. The van der Waals surface area contributed by atoms with Crippen molar-refractivity contribution in [3.8, 4) is 0 Å². The van der Waals surface area contributed by atoms with Crippen LogP contribution in [0.15, 0.2) is 30.3 Å². The van der Waals surface area contributed by atoms with Gasteiger partial charge < -0.3 is 15.0 Å². The summed E-state index contributed by atoms with van der Waals surface area (Å²) in [6.07, 6.45) is 0. The van der Waals surface area contributed by atoms with E-state index < -0.39 is 0 Å². The van der Waals surface area contributed by atoms with Gasteiger partial charge in [0.05, 0.1) is 29.9 Å². The zero-order valence-electron chi connectivity index (χ0n) is 14.7. The average Bonchev–Trinajstić information content (AvgIpc) is 3.09. The van der Waals surface area contributed by atoms with Crippen molar-refractivity contribution < 1.29 is 9.90 Å².